The molecular formula is C6H5N2O3. The van der Waals surface area contributed by atoms with Crippen LogP contribution in [0.3, 0.4) is 0 Å². The van der Waals surface area contributed by atoms with Crippen molar-refractivity contribution in [2.45, 2.75) is 0 Å². The Labute approximate surface area is 62.1 Å². The zero-order valence-corrected chi connectivity index (χ0v) is 5.44. The number of hydrogen-bond donors (Lipinski definition) is 1. The molecule has 1 amide bonds. The second kappa shape index (κ2) is 2.87. The van der Waals surface area contributed by atoms with Gasteiger partial charge in [0.1, 0.15) is 0 Å². The van der Waals surface area contributed by atoms with E-state index < -0.39 is 11.6 Å². The van der Waals surface area contributed by atoms with Crippen LogP contribution in [0.4, 0.5) is 0 Å². The van der Waals surface area contributed by atoms with Gasteiger partial charge in [0, 0.05) is 0 Å². The molecule has 0 fully saturated rings. The number of rotatable bonds is 2. The minimum atomic E-state index is -1.08. The molecule has 0 saturated carbocycles. The third-order valence-corrected chi connectivity index (χ3v) is 1.07. The van der Waals surface area contributed by atoms with Crippen molar-refractivity contribution in [3.63, 3.8) is 0 Å². The van der Waals surface area contributed by atoms with Crippen molar-refractivity contribution in [3.05, 3.63) is 24.2 Å². The van der Waals surface area contributed by atoms with Gasteiger partial charge in [0.05, 0.1) is 6.26 Å². The van der Waals surface area contributed by atoms with Crippen molar-refractivity contribution >= 4 is 11.6 Å². The van der Waals surface area contributed by atoms with E-state index in [4.69, 9.17) is 15.4 Å². The summed E-state index contributed by atoms with van der Waals surface area (Å²) in [7, 11) is 0. The van der Waals surface area contributed by atoms with Crippen molar-refractivity contribution in [2.75, 3.05) is 0 Å². The predicted octanol–water partition coefficient (Wildman–Crippen LogP) is 0.267. The van der Waals surface area contributed by atoms with Crippen molar-refractivity contribution in [3.8, 4) is 0 Å². The van der Waals surface area contributed by atoms with Crippen molar-refractivity contribution in [1.29, 1.82) is 0 Å². The van der Waals surface area contributed by atoms with Crippen LogP contribution in [0.1, 0.15) is 5.76 Å². The van der Waals surface area contributed by atoms with Gasteiger partial charge in [0.15, 0.2) is 5.76 Å². The lowest BCUT2D eigenvalue weighted by atomic mass is 10.3. The molecule has 1 heterocycles. The molecule has 0 aromatic carbocycles. The Hall–Kier alpha value is -1.78. The third-order valence-electron chi connectivity index (χ3n) is 1.07. The zero-order valence-electron chi connectivity index (χ0n) is 5.44. The second-order valence-corrected chi connectivity index (χ2v) is 1.76. The maximum Gasteiger partial charge on any atom is 0.295 e. The molecule has 0 saturated heterocycles. The van der Waals surface area contributed by atoms with Crippen molar-refractivity contribution in [1.82, 2.24) is 5.73 Å². The van der Waals surface area contributed by atoms with E-state index in [0.29, 0.717) is 0 Å². The molecule has 5 nitrogen and oxygen atoms in total. The Kier molecular flexibility index (Phi) is 1.91. The van der Waals surface area contributed by atoms with Crippen LogP contribution in [0.15, 0.2) is 28.0 Å². The van der Waals surface area contributed by atoms with E-state index in [1.807, 2.05) is 0 Å². The third kappa shape index (κ3) is 1.37. The molecule has 1 rings (SSSR count). The Morgan fingerprint density at radius 3 is 2.82 bits per heavy atom. The number of furan rings is 1. The lowest BCUT2D eigenvalue weighted by Crippen LogP contribution is -2.15. The monoisotopic (exact) mass is 153 g/mol. The summed E-state index contributed by atoms with van der Waals surface area (Å²) in [6.07, 6.45) is 1.32. The Bertz CT molecular complexity index is 276. The van der Waals surface area contributed by atoms with E-state index in [1.165, 1.54) is 18.4 Å². The van der Waals surface area contributed by atoms with E-state index in [1.54, 1.807) is 0 Å². The molecule has 0 aliphatic heterocycles. The number of hydrogen-bond acceptors (Lipinski definition) is 4. The fourth-order valence-electron chi connectivity index (χ4n) is 0.620. The van der Waals surface area contributed by atoms with Gasteiger partial charge in [-0.05, 0) is 12.1 Å². The van der Waals surface area contributed by atoms with Gasteiger partial charge < -0.3 is 9.62 Å². The molecule has 0 aliphatic carbocycles. The van der Waals surface area contributed by atoms with Crippen LogP contribution in [-0.4, -0.2) is 16.8 Å². The molecular weight excluding hydrogens is 148 g/mol. The highest BCUT2D eigenvalue weighted by Gasteiger charge is 2.13. The minimum Gasteiger partial charge on any atom is -0.462 e. The average Bonchev–Trinajstić information content (AvgIpc) is 2.40. The van der Waals surface area contributed by atoms with Gasteiger partial charge in [-0.25, -0.2) is 0 Å². The number of carbonyl (C=O) groups excluding carboxylic acids is 1. The highest BCUT2D eigenvalue weighted by atomic mass is 16.4. The number of carbonyl (C=O) groups is 1. The minimum absolute atomic E-state index is 0.0903. The maximum absolute atomic E-state index is 10.4. The number of nitrogens with zero attached hydrogens (tertiary/aromatic N) is 1. The van der Waals surface area contributed by atoms with Crippen molar-refractivity contribution in [2.24, 2.45) is 5.16 Å². The van der Waals surface area contributed by atoms with E-state index in [2.05, 4.69) is 5.16 Å². The molecule has 1 aromatic heterocycles. The Morgan fingerprint density at radius 2 is 2.45 bits per heavy atom. The Morgan fingerprint density at radius 1 is 1.73 bits per heavy atom. The first-order chi connectivity index (χ1) is 5.25. The van der Waals surface area contributed by atoms with E-state index in [0.717, 1.165) is 0 Å². The molecule has 0 unspecified atom stereocenters. The maximum atomic E-state index is 10.4. The zero-order chi connectivity index (χ0) is 8.27. The normalized spacial score (nSPS) is 11.5. The molecule has 2 N–H and O–H groups in total. The van der Waals surface area contributed by atoms with Crippen LogP contribution in [-0.2, 0) is 4.79 Å². The first-order valence-electron chi connectivity index (χ1n) is 2.77. The summed E-state index contributed by atoms with van der Waals surface area (Å²) in [5.41, 5.74) is 6.23. The topological polar surface area (TPSA) is 86.6 Å². The highest BCUT2D eigenvalue weighted by molar-refractivity contribution is 6.43. The smallest absolute Gasteiger partial charge is 0.295 e. The van der Waals surface area contributed by atoms with Crippen LogP contribution in [0.2, 0.25) is 0 Å². The molecule has 1 aromatic rings. The van der Waals surface area contributed by atoms with Crippen LogP contribution < -0.4 is 5.73 Å². The lowest BCUT2D eigenvalue weighted by molar-refractivity contribution is -0.112. The molecule has 11 heavy (non-hydrogen) atoms. The summed E-state index contributed by atoms with van der Waals surface area (Å²) >= 11 is 0. The van der Waals surface area contributed by atoms with Gasteiger partial charge in [-0.2, -0.15) is 0 Å². The lowest BCUT2D eigenvalue weighted by Gasteiger charge is -1.90. The SMILES string of the molecule is [NH]C(=O)C(=NO)c1ccco1. The number of amides is 1. The van der Waals surface area contributed by atoms with Gasteiger partial charge in [-0.1, -0.05) is 5.16 Å². The summed E-state index contributed by atoms with van der Waals surface area (Å²) in [5.74, 6) is -0.991. The van der Waals surface area contributed by atoms with Gasteiger partial charge in [0.2, 0.25) is 5.71 Å². The molecule has 1 radical (unpaired) electrons. The fraction of sp³-hybridized carbons (Fsp3) is 0. The largest absolute Gasteiger partial charge is 0.462 e. The summed E-state index contributed by atoms with van der Waals surface area (Å²) < 4.78 is 4.72. The number of oxime groups is 1. The fourth-order valence-corrected chi connectivity index (χ4v) is 0.620. The first-order valence-corrected chi connectivity index (χ1v) is 2.77. The summed E-state index contributed by atoms with van der Waals surface area (Å²) in [4.78, 5) is 10.4. The molecule has 57 valence electrons. The van der Waals surface area contributed by atoms with Crippen LogP contribution >= 0.6 is 0 Å². The Balaban J connectivity index is 2.99. The molecule has 0 bridgehead atoms. The van der Waals surface area contributed by atoms with E-state index >= 15 is 0 Å². The standard InChI is InChI=1S/C6H5N2O3/c7-6(9)5(8-10)4-2-1-3-11-4/h1-3,7,10H. The summed E-state index contributed by atoms with van der Waals surface area (Å²) in [5, 5.41) is 10.9. The number of nitrogens with one attached hydrogen (secondary N) is 1. The molecule has 0 aliphatic rings. The molecule has 0 atom stereocenters. The molecule has 0 spiro atoms. The van der Waals surface area contributed by atoms with Gasteiger partial charge in [-0.3, -0.25) is 10.5 Å². The van der Waals surface area contributed by atoms with E-state index in [-0.39, 0.29) is 5.76 Å². The molecule has 5 heteroatoms. The van der Waals surface area contributed by atoms with Gasteiger partial charge in [-0.15, -0.1) is 0 Å². The van der Waals surface area contributed by atoms with Gasteiger partial charge >= 0.3 is 0 Å². The average molecular weight is 153 g/mol. The van der Waals surface area contributed by atoms with Crippen molar-refractivity contribution < 1.29 is 14.4 Å². The van der Waals surface area contributed by atoms with Gasteiger partial charge in [0.25, 0.3) is 5.91 Å². The summed E-state index contributed by atoms with van der Waals surface area (Å²) in [6.45, 7) is 0. The van der Waals surface area contributed by atoms with Crippen LogP contribution in [0.25, 0.3) is 0 Å². The van der Waals surface area contributed by atoms with E-state index in [9.17, 15) is 4.79 Å². The van der Waals surface area contributed by atoms with Crippen LogP contribution in [0.5, 0.6) is 0 Å². The first kappa shape index (κ1) is 7.33. The van der Waals surface area contributed by atoms with Crippen LogP contribution in [0, 0.1) is 0 Å². The highest BCUT2D eigenvalue weighted by Crippen LogP contribution is 2.01. The second-order valence-electron chi connectivity index (χ2n) is 1.76. The summed E-state index contributed by atoms with van der Waals surface area (Å²) in [6, 6.07) is 2.96. The predicted molar refractivity (Wildman–Crippen MR) is 35.1 cm³/mol. The quantitative estimate of drug-likeness (QED) is 0.375.